The molecule has 9 heteroatoms. The fourth-order valence-corrected chi connectivity index (χ4v) is 5.13. The largest absolute Gasteiger partial charge is 0.464 e. The van der Waals surface area contributed by atoms with Gasteiger partial charge in [0.25, 0.3) is 0 Å². The second kappa shape index (κ2) is 9.19. The SMILES string of the molecule is COC(=O)/C(=N/O[C@H](C)CO[Si](C)(C)C(C)(C)C)c1ccc(S(=O)(=O)C2CC2)cc1. The Morgan fingerprint density at radius 3 is 2.23 bits per heavy atom. The number of methoxy groups -OCH3 is 1. The Hall–Kier alpha value is -1.71. The zero-order valence-electron chi connectivity index (χ0n) is 18.9. The van der Waals surface area contributed by atoms with E-state index < -0.39 is 24.1 Å². The van der Waals surface area contributed by atoms with Crippen molar-refractivity contribution in [2.24, 2.45) is 5.16 Å². The minimum Gasteiger partial charge on any atom is -0.464 e. The van der Waals surface area contributed by atoms with E-state index >= 15 is 0 Å². The molecule has 1 aliphatic rings. The predicted octanol–water partition coefficient (Wildman–Crippen LogP) is 3.93. The van der Waals surface area contributed by atoms with Crippen LogP contribution in [0.3, 0.4) is 0 Å². The van der Waals surface area contributed by atoms with Crippen molar-refractivity contribution in [1.82, 2.24) is 0 Å². The molecule has 1 fully saturated rings. The van der Waals surface area contributed by atoms with E-state index in [2.05, 4.69) is 39.0 Å². The van der Waals surface area contributed by atoms with E-state index in [1.54, 1.807) is 12.1 Å². The highest BCUT2D eigenvalue weighted by atomic mass is 32.2. The number of rotatable bonds is 9. The first-order valence-corrected chi connectivity index (χ1v) is 14.6. The van der Waals surface area contributed by atoms with Gasteiger partial charge in [-0.05, 0) is 50.0 Å². The van der Waals surface area contributed by atoms with Crippen LogP contribution in [-0.4, -0.2) is 53.5 Å². The maximum atomic E-state index is 12.3. The average molecular weight is 456 g/mol. The summed E-state index contributed by atoms with van der Waals surface area (Å²) in [4.78, 5) is 17.9. The van der Waals surface area contributed by atoms with Crippen LogP contribution in [0.15, 0.2) is 34.3 Å². The van der Waals surface area contributed by atoms with Crippen molar-refractivity contribution in [3.8, 4) is 0 Å². The highest BCUT2D eigenvalue weighted by molar-refractivity contribution is 7.92. The van der Waals surface area contributed by atoms with Gasteiger partial charge in [0, 0.05) is 5.56 Å². The lowest BCUT2D eigenvalue weighted by atomic mass is 10.1. The molecule has 2 rings (SSSR count). The lowest BCUT2D eigenvalue weighted by Crippen LogP contribution is -2.42. The number of oxime groups is 1. The van der Waals surface area contributed by atoms with Crippen molar-refractivity contribution in [2.45, 2.75) is 74.9 Å². The number of hydrogen-bond donors (Lipinski definition) is 0. The van der Waals surface area contributed by atoms with Gasteiger partial charge in [-0.15, -0.1) is 0 Å². The lowest BCUT2D eigenvalue weighted by molar-refractivity contribution is -0.132. The minimum atomic E-state index is -3.29. The molecule has 1 aromatic rings. The number of carbonyl (C=O) groups excluding carboxylic acids is 1. The first kappa shape index (κ1) is 24.6. The van der Waals surface area contributed by atoms with Gasteiger partial charge in [-0.3, -0.25) is 0 Å². The normalized spacial score (nSPS) is 16.8. The van der Waals surface area contributed by atoms with Crippen LogP contribution in [0.25, 0.3) is 0 Å². The third kappa shape index (κ3) is 5.92. The summed E-state index contributed by atoms with van der Waals surface area (Å²) in [6.45, 7) is 13.0. The number of ether oxygens (including phenoxy) is 1. The topological polar surface area (TPSA) is 91.3 Å². The van der Waals surface area contributed by atoms with E-state index in [9.17, 15) is 13.2 Å². The third-order valence-corrected chi connectivity index (χ3v) is 12.4. The molecule has 0 aromatic heterocycles. The van der Waals surface area contributed by atoms with E-state index in [0.29, 0.717) is 25.0 Å². The Bertz CT molecular complexity index is 883. The maximum absolute atomic E-state index is 12.3. The van der Waals surface area contributed by atoms with Gasteiger partial charge >= 0.3 is 5.97 Å². The number of esters is 1. The molecule has 168 valence electrons. The Morgan fingerprint density at radius 2 is 1.77 bits per heavy atom. The van der Waals surface area contributed by atoms with E-state index in [0.717, 1.165) is 0 Å². The summed E-state index contributed by atoms with van der Waals surface area (Å²) in [5.74, 6) is -0.662. The summed E-state index contributed by atoms with van der Waals surface area (Å²) < 4.78 is 35.6. The van der Waals surface area contributed by atoms with E-state index in [4.69, 9.17) is 14.0 Å². The number of nitrogens with zero attached hydrogens (tertiary/aromatic N) is 1. The van der Waals surface area contributed by atoms with Gasteiger partial charge in [-0.1, -0.05) is 38.1 Å². The van der Waals surface area contributed by atoms with Gasteiger partial charge in [0.1, 0.15) is 6.10 Å². The molecule has 0 spiro atoms. The Kier molecular flexibility index (Phi) is 7.53. The van der Waals surface area contributed by atoms with Crippen molar-refractivity contribution in [2.75, 3.05) is 13.7 Å². The van der Waals surface area contributed by atoms with Crippen LogP contribution in [0, 0.1) is 0 Å². The van der Waals surface area contributed by atoms with E-state index in [1.807, 2.05) is 6.92 Å². The van der Waals surface area contributed by atoms with Gasteiger partial charge in [0.05, 0.1) is 23.9 Å². The van der Waals surface area contributed by atoms with Gasteiger partial charge < -0.3 is 14.0 Å². The monoisotopic (exact) mass is 455 g/mol. The van der Waals surface area contributed by atoms with Crippen LogP contribution >= 0.6 is 0 Å². The molecule has 30 heavy (non-hydrogen) atoms. The molecule has 0 saturated heterocycles. The van der Waals surface area contributed by atoms with E-state index in [1.165, 1.54) is 19.2 Å². The highest BCUT2D eigenvalue weighted by Crippen LogP contribution is 2.36. The summed E-state index contributed by atoms with van der Waals surface area (Å²) in [5.41, 5.74) is 0.404. The third-order valence-electron chi connectivity index (χ3n) is 5.61. The molecule has 0 bridgehead atoms. The van der Waals surface area contributed by atoms with Crippen molar-refractivity contribution >= 4 is 29.8 Å². The Balaban J connectivity index is 2.12. The summed E-state index contributed by atoms with van der Waals surface area (Å²) in [5, 5.41) is 3.78. The smallest absolute Gasteiger partial charge is 0.360 e. The molecule has 1 saturated carbocycles. The molecule has 0 radical (unpaired) electrons. The standard InChI is InChI=1S/C21H33NO6SSi/c1-15(14-27-30(6,7)21(2,3)4)28-22-19(20(23)26-5)16-8-10-17(11-9-16)29(24,25)18-12-13-18/h8-11,15,18H,12-14H2,1-7H3/b22-19+/t15-/m1/s1. The van der Waals surface area contributed by atoms with Crippen LogP contribution in [0.4, 0.5) is 0 Å². The zero-order chi connectivity index (χ0) is 22.7. The van der Waals surface area contributed by atoms with Gasteiger partial charge in [0.2, 0.25) is 0 Å². The van der Waals surface area contributed by atoms with E-state index in [-0.39, 0.29) is 27.0 Å². The molecule has 1 aromatic carbocycles. The molecule has 7 nitrogen and oxygen atoms in total. The Labute approximate surface area is 180 Å². The van der Waals surface area contributed by atoms with Crippen molar-refractivity contribution in [3.63, 3.8) is 0 Å². The van der Waals surface area contributed by atoms with Crippen LogP contribution < -0.4 is 0 Å². The number of benzene rings is 1. The number of sulfone groups is 1. The first-order chi connectivity index (χ1) is 13.8. The van der Waals surface area contributed by atoms with Gasteiger partial charge in [-0.2, -0.15) is 0 Å². The molecule has 0 aliphatic heterocycles. The summed E-state index contributed by atoms with van der Waals surface area (Å²) in [6.07, 6.45) is 1.02. The van der Waals surface area contributed by atoms with Crippen LogP contribution in [0.1, 0.15) is 46.1 Å². The zero-order valence-corrected chi connectivity index (χ0v) is 20.7. The average Bonchev–Trinajstić information content (AvgIpc) is 3.51. The summed E-state index contributed by atoms with van der Waals surface area (Å²) in [6, 6.07) is 6.08. The summed E-state index contributed by atoms with van der Waals surface area (Å²) in [7, 11) is -3.96. The first-order valence-electron chi connectivity index (χ1n) is 10.1. The van der Waals surface area contributed by atoms with Crippen LogP contribution in [0.5, 0.6) is 0 Å². The van der Waals surface area contributed by atoms with Gasteiger partial charge in [-0.25, -0.2) is 13.2 Å². The molecule has 0 amide bonds. The molecule has 0 unspecified atom stereocenters. The van der Waals surface area contributed by atoms with Crippen molar-refractivity contribution < 1.29 is 27.2 Å². The van der Waals surface area contributed by atoms with Gasteiger partial charge in [0.15, 0.2) is 23.9 Å². The van der Waals surface area contributed by atoms with Crippen LogP contribution in [-0.2, 0) is 28.6 Å². The quantitative estimate of drug-likeness (QED) is 0.242. The highest BCUT2D eigenvalue weighted by Gasteiger charge is 2.38. The van der Waals surface area contributed by atoms with Crippen molar-refractivity contribution in [3.05, 3.63) is 29.8 Å². The minimum absolute atomic E-state index is 0.0213. The predicted molar refractivity (Wildman–Crippen MR) is 119 cm³/mol. The number of hydrogen-bond acceptors (Lipinski definition) is 7. The molecule has 0 heterocycles. The Morgan fingerprint density at radius 1 is 1.20 bits per heavy atom. The molecule has 0 N–H and O–H groups in total. The second-order valence-corrected chi connectivity index (χ2v) is 16.2. The molecular formula is C21H33NO6SSi. The fourth-order valence-electron chi connectivity index (χ4n) is 2.39. The molecular weight excluding hydrogens is 422 g/mol. The fraction of sp³-hybridized carbons (Fsp3) is 0.619. The maximum Gasteiger partial charge on any atom is 0.360 e. The second-order valence-electron chi connectivity index (χ2n) is 9.19. The number of carbonyl (C=O) groups is 1. The lowest BCUT2D eigenvalue weighted by Gasteiger charge is -2.36. The van der Waals surface area contributed by atoms with Crippen LogP contribution in [0.2, 0.25) is 18.1 Å². The summed E-state index contributed by atoms with van der Waals surface area (Å²) >= 11 is 0. The molecule has 1 atom stereocenters. The van der Waals surface area contributed by atoms with Crippen molar-refractivity contribution in [1.29, 1.82) is 0 Å². The molecule has 1 aliphatic carbocycles.